The van der Waals surface area contributed by atoms with Gasteiger partial charge in [-0.25, -0.2) is 8.42 Å². The molecule has 9 nitrogen and oxygen atoms in total. The number of rotatable bonds is 8. The van der Waals surface area contributed by atoms with Gasteiger partial charge in [0.1, 0.15) is 22.9 Å². The van der Waals surface area contributed by atoms with Crippen molar-refractivity contribution in [1.29, 1.82) is 0 Å². The van der Waals surface area contributed by atoms with Gasteiger partial charge in [0.2, 0.25) is 15.9 Å². The Morgan fingerprint density at radius 2 is 1.96 bits per heavy atom. The van der Waals surface area contributed by atoms with Gasteiger partial charge >= 0.3 is 0 Å². The van der Waals surface area contributed by atoms with Crippen LogP contribution in [-0.4, -0.2) is 38.7 Å². The molecular formula is C16H22N4O5S. The Balaban J connectivity index is 2.01. The van der Waals surface area contributed by atoms with Gasteiger partial charge < -0.3 is 20.3 Å². The first-order valence-corrected chi connectivity index (χ1v) is 9.42. The number of aromatic nitrogens is 1. The summed E-state index contributed by atoms with van der Waals surface area (Å²) in [4.78, 5) is 12.2. The fourth-order valence-corrected chi connectivity index (χ4v) is 3.80. The van der Waals surface area contributed by atoms with E-state index in [9.17, 15) is 13.2 Å². The molecule has 4 N–H and O–H groups in total. The number of aryl methyl sites for hydroxylation is 2. The Morgan fingerprint density at radius 1 is 1.31 bits per heavy atom. The summed E-state index contributed by atoms with van der Waals surface area (Å²) in [5.74, 6) is 0.284. The van der Waals surface area contributed by atoms with Crippen LogP contribution in [0.25, 0.3) is 0 Å². The van der Waals surface area contributed by atoms with Crippen molar-refractivity contribution in [3.63, 3.8) is 0 Å². The zero-order valence-corrected chi connectivity index (χ0v) is 15.6. The number of nitrogens with zero attached hydrogens (tertiary/aromatic N) is 1. The minimum atomic E-state index is -3.93. The van der Waals surface area contributed by atoms with Crippen LogP contribution >= 0.6 is 0 Å². The van der Waals surface area contributed by atoms with Crippen molar-refractivity contribution in [1.82, 2.24) is 9.88 Å². The first kappa shape index (κ1) is 19.9. The van der Waals surface area contributed by atoms with E-state index in [0.717, 1.165) is 0 Å². The maximum Gasteiger partial charge on any atom is 0.246 e. The molecule has 0 saturated carbocycles. The first-order valence-electron chi connectivity index (χ1n) is 7.93. The van der Waals surface area contributed by atoms with Gasteiger partial charge in [0, 0.05) is 12.2 Å². The lowest BCUT2D eigenvalue weighted by Gasteiger charge is -2.14. The van der Waals surface area contributed by atoms with Gasteiger partial charge in [-0.15, -0.1) is 0 Å². The average Bonchev–Trinajstić information content (AvgIpc) is 2.93. The maximum absolute atomic E-state index is 12.4. The smallest absolute Gasteiger partial charge is 0.246 e. The SMILES string of the molecule is Cc1noc(C)c1S(=O)(=O)NC(C)C(=O)Nc1ccc(OCCN)cc1. The van der Waals surface area contributed by atoms with E-state index in [1.807, 2.05) is 0 Å². The second kappa shape index (κ2) is 8.30. The summed E-state index contributed by atoms with van der Waals surface area (Å²) in [6.45, 7) is 5.26. The number of hydrogen-bond acceptors (Lipinski definition) is 7. The molecule has 26 heavy (non-hydrogen) atoms. The molecular weight excluding hydrogens is 360 g/mol. The number of sulfonamides is 1. The topological polar surface area (TPSA) is 137 Å². The van der Waals surface area contributed by atoms with Crippen molar-refractivity contribution in [2.75, 3.05) is 18.5 Å². The van der Waals surface area contributed by atoms with Gasteiger partial charge in [-0.3, -0.25) is 4.79 Å². The number of anilines is 1. The van der Waals surface area contributed by atoms with Gasteiger partial charge in [0.25, 0.3) is 0 Å². The largest absolute Gasteiger partial charge is 0.492 e. The molecule has 1 heterocycles. The number of ether oxygens (including phenoxy) is 1. The summed E-state index contributed by atoms with van der Waals surface area (Å²) in [5, 5.41) is 6.25. The monoisotopic (exact) mass is 382 g/mol. The summed E-state index contributed by atoms with van der Waals surface area (Å²) >= 11 is 0. The van der Waals surface area contributed by atoms with E-state index in [1.165, 1.54) is 20.8 Å². The average molecular weight is 382 g/mol. The molecule has 0 aliphatic carbocycles. The minimum Gasteiger partial charge on any atom is -0.492 e. The Labute approximate surface area is 151 Å². The number of nitrogens with one attached hydrogen (secondary N) is 2. The van der Waals surface area contributed by atoms with Crippen molar-refractivity contribution in [2.45, 2.75) is 31.7 Å². The highest BCUT2D eigenvalue weighted by Gasteiger charge is 2.28. The molecule has 1 aromatic heterocycles. The minimum absolute atomic E-state index is 0.0569. The third-order valence-electron chi connectivity index (χ3n) is 3.47. The molecule has 1 aromatic carbocycles. The third-order valence-corrected chi connectivity index (χ3v) is 5.25. The zero-order valence-electron chi connectivity index (χ0n) is 14.8. The highest BCUT2D eigenvalue weighted by molar-refractivity contribution is 7.89. The fraction of sp³-hybridized carbons (Fsp3) is 0.375. The van der Waals surface area contributed by atoms with Gasteiger partial charge in [-0.05, 0) is 45.0 Å². The van der Waals surface area contributed by atoms with Gasteiger partial charge in [-0.1, -0.05) is 5.16 Å². The lowest BCUT2D eigenvalue weighted by molar-refractivity contribution is -0.117. The molecule has 0 saturated heterocycles. The lowest BCUT2D eigenvalue weighted by Crippen LogP contribution is -2.41. The second-order valence-electron chi connectivity index (χ2n) is 5.65. The fourth-order valence-electron chi connectivity index (χ4n) is 2.27. The van der Waals surface area contributed by atoms with Crippen LogP contribution in [0.4, 0.5) is 5.69 Å². The molecule has 1 unspecified atom stereocenters. The van der Waals surface area contributed by atoms with E-state index in [4.69, 9.17) is 15.0 Å². The first-order chi connectivity index (χ1) is 12.2. The van der Waals surface area contributed by atoms with Crippen LogP contribution in [0.5, 0.6) is 5.75 Å². The van der Waals surface area contributed by atoms with Crippen LogP contribution < -0.4 is 20.5 Å². The third kappa shape index (κ3) is 4.81. The second-order valence-corrected chi connectivity index (χ2v) is 7.30. The standard InChI is InChI=1S/C16H22N4O5S/c1-10-15(12(3)25-19-10)26(22,23)20-11(2)16(21)18-13-4-6-14(7-5-13)24-9-8-17/h4-7,11,20H,8-9,17H2,1-3H3,(H,18,21). The quantitative estimate of drug-likeness (QED) is 0.618. The Morgan fingerprint density at radius 3 is 2.50 bits per heavy atom. The molecule has 10 heteroatoms. The van der Waals surface area contributed by atoms with E-state index in [1.54, 1.807) is 24.3 Å². The number of benzene rings is 1. The van der Waals surface area contributed by atoms with E-state index in [0.29, 0.717) is 24.6 Å². The predicted molar refractivity (Wildman–Crippen MR) is 95.4 cm³/mol. The molecule has 142 valence electrons. The van der Waals surface area contributed by atoms with Crippen molar-refractivity contribution in [3.05, 3.63) is 35.7 Å². The van der Waals surface area contributed by atoms with Gasteiger partial charge in [0.05, 0.1) is 6.04 Å². The van der Waals surface area contributed by atoms with Gasteiger partial charge in [-0.2, -0.15) is 4.72 Å². The van der Waals surface area contributed by atoms with Gasteiger partial charge in [0.15, 0.2) is 5.76 Å². The lowest BCUT2D eigenvalue weighted by atomic mass is 10.2. The highest BCUT2D eigenvalue weighted by atomic mass is 32.2. The Kier molecular flexibility index (Phi) is 6.35. The molecule has 2 aromatic rings. The predicted octanol–water partition coefficient (Wildman–Crippen LogP) is 0.934. The van der Waals surface area contributed by atoms with E-state index < -0.39 is 22.0 Å². The highest BCUT2D eigenvalue weighted by Crippen LogP contribution is 2.19. The Bertz CT molecular complexity index is 842. The van der Waals surface area contributed by atoms with Crippen molar-refractivity contribution < 1.29 is 22.5 Å². The van der Waals surface area contributed by atoms with E-state index >= 15 is 0 Å². The van der Waals surface area contributed by atoms with Crippen LogP contribution in [0.2, 0.25) is 0 Å². The normalized spacial score (nSPS) is 12.6. The number of amides is 1. The van der Waals surface area contributed by atoms with Crippen molar-refractivity contribution >= 4 is 21.6 Å². The van der Waals surface area contributed by atoms with E-state index in [-0.39, 0.29) is 16.3 Å². The summed E-state index contributed by atoms with van der Waals surface area (Å²) in [5.41, 5.74) is 6.11. The number of nitrogens with two attached hydrogens (primary N) is 1. The number of carbonyl (C=O) groups is 1. The molecule has 1 amide bonds. The molecule has 0 aliphatic heterocycles. The van der Waals surface area contributed by atoms with Crippen LogP contribution in [0, 0.1) is 13.8 Å². The summed E-state index contributed by atoms with van der Waals surface area (Å²) in [6, 6.07) is 5.67. The molecule has 0 fully saturated rings. The zero-order chi connectivity index (χ0) is 19.3. The summed E-state index contributed by atoms with van der Waals surface area (Å²) in [6.07, 6.45) is 0. The summed E-state index contributed by atoms with van der Waals surface area (Å²) in [7, 11) is -3.93. The van der Waals surface area contributed by atoms with Crippen LogP contribution in [-0.2, 0) is 14.8 Å². The van der Waals surface area contributed by atoms with Crippen molar-refractivity contribution in [2.24, 2.45) is 5.73 Å². The Hall–Kier alpha value is -2.43. The van der Waals surface area contributed by atoms with E-state index in [2.05, 4.69) is 15.2 Å². The molecule has 1 atom stereocenters. The molecule has 0 aliphatic rings. The van der Waals surface area contributed by atoms with Crippen LogP contribution in [0.15, 0.2) is 33.7 Å². The number of hydrogen-bond donors (Lipinski definition) is 3. The molecule has 0 spiro atoms. The molecule has 0 bridgehead atoms. The van der Waals surface area contributed by atoms with Crippen molar-refractivity contribution in [3.8, 4) is 5.75 Å². The molecule has 2 rings (SSSR count). The van der Waals surface area contributed by atoms with Crippen LogP contribution in [0.3, 0.4) is 0 Å². The summed E-state index contributed by atoms with van der Waals surface area (Å²) < 4.78 is 37.4. The number of carbonyl (C=O) groups excluding carboxylic acids is 1. The van der Waals surface area contributed by atoms with Crippen LogP contribution in [0.1, 0.15) is 18.4 Å². The maximum atomic E-state index is 12.4. The molecule has 0 radical (unpaired) electrons.